The third-order valence-electron chi connectivity index (χ3n) is 3.60. The number of rotatable bonds is 7. The molecule has 0 bridgehead atoms. The second-order valence-corrected chi connectivity index (χ2v) is 7.93. The molecule has 19 heavy (non-hydrogen) atoms. The highest BCUT2D eigenvalue weighted by molar-refractivity contribution is 7.92. The van der Waals surface area contributed by atoms with E-state index in [0.29, 0.717) is 0 Å². The molecule has 6 heteroatoms. The van der Waals surface area contributed by atoms with Crippen LogP contribution in [0.5, 0.6) is 0 Å². The maximum Gasteiger partial charge on any atom is 0.154 e. The van der Waals surface area contributed by atoms with Gasteiger partial charge in [-0.1, -0.05) is 6.92 Å². The van der Waals surface area contributed by atoms with E-state index in [1.807, 2.05) is 17.7 Å². The summed E-state index contributed by atoms with van der Waals surface area (Å²) in [5, 5.41) is 3.33. The molecule has 0 radical (unpaired) electrons. The van der Waals surface area contributed by atoms with Gasteiger partial charge in [-0.2, -0.15) is 0 Å². The van der Waals surface area contributed by atoms with E-state index in [1.165, 1.54) is 6.26 Å². The van der Waals surface area contributed by atoms with Crippen LogP contribution in [0.3, 0.4) is 0 Å². The topological polar surface area (TPSA) is 64.0 Å². The first-order chi connectivity index (χ1) is 8.75. The fourth-order valence-corrected chi connectivity index (χ4v) is 2.62. The molecule has 0 aliphatic carbocycles. The minimum atomic E-state index is -3.20. The van der Waals surface area contributed by atoms with Gasteiger partial charge in [0.15, 0.2) is 9.84 Å². The predicted octanol–water partition coefficient (Wildman–Crippen LogP) is 1.77. The molecule has 0 saturated heterocycles. The number of aromatic nitrogens is 2. The van der Waals surface area contributed by atoms with Crippen molar-refractivity contribution >= 4 is 9.84 Å². The Morgan fingerprint density at radius 3 is 2.53 bits per heavy atom. The van der Waals surface area contributed by atoms with Crippen LogP contribution in [0.25, 0.3) is 0 Å². The van der Waals surface area contributed by atoms with Gasteiger partial charge in [-0.15, -0.1) is 0 Å². The molecule has 1 rings (SSSR count). The van der Waals surface area contributed by atoms with Crippen LogP contribution in [0.1, 0.15) is 46.0 Å². The molecule has 0 fully saturated rings. The fraction of sp³-hybridized carbons (Fsp3) is 0.769. The Balaban J connectivity index is 3.23. The van der Waals surface area contributed by atoms with Gasteiger partial charge in [-0.05, 0) is 33.7 Å². The van der Waals surface area contributed by atoms with E-state index in [0.717, 1.165) is 25.3 Å². The van der Waals surface area contributed by atoms with Crippen molar-refractivity contribution in [1.82, 2.24) is 14.9 Å². The molecule has 1 N–H and O–H groups in total. The zero-order valence-electron chi connectivity index (χ0n) is 12.5. The lowest BCUT2D eigenvalue weighted by atomic mass is 10.0. The van der Waals surface area contributed by atoms with Gasteiger partial charge in [0.05, 0.1) is 10.8 Å². The summed E-state index contributed by atoms with van der Waals surface area (Å²) < 4.78 is 25.2. The van der Waals surface area contributed by atoms with E-state index in [4.69, 9.17) is 0 Å². The number of nitrogens with zero attached hydrogens (tertiary/aromatic N) is 2. The molecule has 1 aromatic heterocycles. The second-order valence-electron chi connectivity index (χ2n) is 5.33. The Labute approximate surface area is 116 Å². The Kier molecular flexibility index (Phi) is 5.15. The summed E-state index contributed by atoms with van der Waals surface area (Å²) in [6.45, 7) is 9.13. The smallest absolute Gasteiger partial charge is 0.154 e. The van der Waals surface area contributed by atoms with Crippen LogP contribution in [-0.4, -0.2) is 35.5 Å². The molecule has 0 amide bonds. The molecule has 0 spiro atoms. The first-order valence-corrected chi connectivity index (χ1v) is 8.58. The van der Waals surface area contributed by atoms with Crippen LogP contribution in [0.15, 0.2) is 12.4 Å². The van der Waals surface area contributed by atoms with Gasteiger partial charge in [0, 0.05) is 25.2 Å². The summed E-state index contributed by atoms with van der Waals surface area (Å²) in [6, 6.07) is -0.308. The molecule has 1 heterocycles. The second kappa shape index (κ2) is 6.05. The number of hydrogen-bond donors (Lipinski definition) is 1. The summed E-state index contributed by atoms with van der Waals surface area (Å²) in [7, 11) is -3.20. The summed E-state index contributed by atoms with van der Waals surface area (Å²) in [5.41, 5.74) is 0. The summed E-state index contributed by atoms with van der Waals surface area (Å²) >= 11 is 0. The Hall–Kier alpha value is -0.880. The molecule has 0 saturated carbocycles. The van der Waals surface area contributed by atoms with Crippen LogP contribution >= 0.6 is 0 Å². The highest BCUT2D eigenvalue weighted by atomic mass is 32.2. The molecule has 110 valence electrons. The zero-order valence-corrected chi connectivity index (χ0v) is 13.3. The van der Waals surface area contributed by atoms with Crippen molar-refractivity contribution in [2.24, 2.45) is 0 Å². The van der Waals surface area contributed by atoms with Gasteiger partial charge < -0.3 is 9.88 Å². The van der Waals surface area contributed by atoms with Gasteiger partial charge in [-0.25, -0.2) is 13.4 Å². The number of aryl methyl sites for hydroxylation is 1. The van der Waals surface area contributed by atoms with Crippen molar-refractivity contribution < 1.29 is 8.42 Å². The number of imidazole rings is 1. The Bertz CT molecular complexity index is 506. The molecule has 1 unspecified atom stereocenters. The van der Waals surface area contributed by atoms with Crippen LogP contribution < -0.4 is 5.32 Å². The highest BCUT2D eigenvalue weighted by Crippen LogP contribution is 2.31. The SMILES string of the molecule is CCCNC(c1nccn1CC)C(C)(C)S(C)(=O)=O. The van der Waals surface area contributed by atoms with Crippen LogP contribution in [0.4, 0.5) is 0 Å². The van der Waals surface area contributed by atoms with Crippen molar-refractivity contribution in [2.45, 2.75) is 51.4 Å². The summed E-state index contributed by atoms with van der Waals surface area (Å²) in [6.07, 6.45) is 5.84. The van der Waals surface area contributed by atoms with E-state index >= 15 is 0 Å². The lowest BCUT2D eigenvalue weighted by Gasteiger charge is -2.33. The monoisotopic (exact) mass is 287 g/mol. The fourth-order valence-electron chi connectivity index (χ4n) is 2.00. The minimum absolute atomic E-state index is 0.308. The van der Waals surface area contributed by atoms with Gasteiger partial charge in [-0.3, -0.25) is 0 Å². The molecule has 1 aromatic rings. The third-order valence-corrected chi connectivity index (χ3v) is 5.74. The van der Waals surface area contributed by atoms with Crippen molar-refractivity contribution in [1.29, 1.82) is 0 Å². The van der Waals surface area contributed by atoms with Crippen LogP contribution in [0.2, 0.25) is 0 Å². The molecule has 5 nitrogen and oxygen atoms in total. The van der Waals surface area contributed by atoms with Gasteiger partial charge >= 0.3 is 0 Å². The number of nitrogens with one attached hydrogen (secondary N) is 1. The lowest BCUT2D eigenvalue weighted by Crippen LogP contribution is -2.46. The molecular weight excluding hydrogens is 262 g/mol. The Morgan fingerprint density at radius 2 is 2.05 bits per heavy atom. The van der Waals surface area contributed by atoms with Crippen molar-refractivity contribution in [3.63, 3.8) is 0 Å². The van der Waals surface area contributed by atoms with Gasteiger partial charge in [0.25, 0.3) is 0 Å². The van der Waals surface area contributed by atoms with E-state index in [1.54, 1.807) is 20.0 Å². The van der Waals surface area contributed by atoms with E-state index in [2.05, 4.69) is 17.2 Å². The lowest BCUT2D eigenvalue weighted by molar-refractivity contribution is 0.392. The van der Waals surface area contributed by atoms with Crippen molar-refractivity contribution in [2.75, 3.05) is 12.8 Å². The number of hydrogen-bond acceptors (Lipinski definition) is 4. The predicted molar refractivity (Wildman–Crippen MR) is 77.9 cm³/mol. The summed E-state index contributed by atoms with van der Waals surface area (Å²) in [5.74, 6) is 0.784. The van der Waals surface area contributed by atoms with Crippen LogP contribution in [-0.2, 0) is 16.4 Å². The standard InChI is InChI=1S/C13H25N3O2S/c1-6-8-14-11(13(3,4)19(5,17)18)12-15-9-10-16(12)7-2/h9-11,14H,6-8H2,1-5H3. The van der Waals surface area contributed by atoms with E-state index in [9.17, 15) is 8.42 Å². The molecule has 0 aliphatic heterocycles. The molecule has 1 atom stereocenters. The van der Waals surface area contributed by atoms with Crippen LogP contribution in [0, 0.1) is 0 Å². The van der Waals surface area contributed by atoms with Gasteiger partial charge in [0.1, 0.15) is 5.82 Å². The maximum atomic E-state index is 12.1. The highest BCUT2D eigenvalue weighted by Gasteiger charge is 2.41. The minimum Gasteiger partial charge on any atom is -0.334 e. The van der Waals surface area contributed by atoms with Crippen molar-refractivity contribution in [3.05, 3.63) is 18.2 Å². The zero-order chi connectivity index (χ0) is 14.7. The quantitative estimate of drug-likeness (QED) is 0.830. The third kappa shape index (κ3) is 3.36. The van der Waals surface area contributed by atoms with E-state index in [-0.39, 0.29) is 6.04 Å². The van der Waals surface area contributed by atoms with E-state index < -0.39 is 14.6 Å². The number of sulfone groups is 1. The maximum absolute atomic E-state index is 12.1. The van der Waals surface area contributed by atoms with Gasteiger partial charge in [0.2, 0.25) is 0 Å². The molecule has 0 aliphatic rings. The normalized spacial score (nSPS) is 14.6. The molecule has 0 aromatic carbocycles. The first-order valence-electron chi connectivity index (χ1n) is 6.69. The molecular formula is C13H25N3O2S. The average molecular weight is 287 g/mol. The summed E-state index contributed by atoms with van der Waals surface area (Å²) in [4.78, 5) is 4.36. The Morgan fingerprint density at radius 1 is 1.42 bits per heavy atom. The largest absolute Gasteiger partial charge is 0.334 e. The first kappa shape index (κ1) is 16.2. The average Bonchev–Trinajstić information content (AvgIpc) is 2.76. The van der Waals surface area contributed by atoms with Crippen molar-refractivity contribution in [3.8, 4) is 0 Å².